The normalized spacial score (nSPS) is 17.2. The van der Waals surface area contributed by atoms with Crippen molar-refractivity contribution in [2.75, 3.05) is 56.2 Å². The van der Waals surface area contributed by atoms with Crippen LogP contribution in [0.1, 0.15) is 11.3 Å². The highest BCUT2D eigenvalue weighted by Crippen LogP contribution is 2.32. The number of hydrogen-bond acceptors (Lipinski definition) is 7. The van der Waals surface area contributed by atoms with Gasteiger partial charge in [0, 0.05) is 45.7 Å². The Morgan fingerprint density at radius 1 is 1.07 bits per heavy atom. The number of ether oxygens (including phenoxy) is 1. The van der Waals surface area contributed by atoms with Gasteiger partial charge in [-0.25, -0.2) is 0 Å². The quantitative estimate of drug-likeness (QED) is 0.674. The predicted octanol–water partition coefficient (Wildman–Crippen LogP) is 1.66. The van der Waals surface area contributed by atoms with Gasteiger partial charge in [0.25, 0.3) is 0 Å². The zero-order valence-corrected chi connectivity index (χ0v) is 15.9. The minimum Gasteiger partial charge on any atom is -0.379 e. The van der Waals surface area contributed by atoms with Crippen LogP contribution in [0.2, 0.25) is 0 Å². The van der Waals surface area contributed by atoms with Crippen LogP contribution in [0, 0.1) is 0 Å². The molecule has 8 nitrogen and oxygen atoms in total. The topological polar surface area (TPSA) is 82.2 Å². The number of anilines is 2. The highest BCUT2D eigenvalue weighted by atomic mass is 16.5. The van der Waals surface area contributed by atoms with E-state index in [-0.39, 0.29) is 0 Å². The van der Waals surface area contributed by atoms with E-state index >= 15 is 0 Å². The van der Waals surface area contributed by atoms with Crippen molar-refractivity contribution < 1.29 is 4.74 Å². The Morgan fingerprint density at radius 2 is 1.93 bits per heavy atom. The third kappa shape index (κ3) is 3.53. The summed E-state index contributed by atoms with van der Waals surface area (Å²) in [5.41, 5.74) is 3.16. The molecular weight excluding hydrogens is 354 g/mol. The molecule has 2 aromatic heterocycles. The summed E-state index contributed by atoms with van der Waals surface area (Å²) >= 11 is 0. The molecule has 0 saturated carbocycles. The van der Waals surface area contributed by atoms with E-state index < -0.39 is 0 Å². The summed E-state index contributed by atoms with van der Waals surface area (Å²) in [7, 11) is 0. The number of H-pyrrole nitrogens is 1. The molecule has 2 N–H and O–H groups in total. The van der Waals surface area contributed by atoms with Gasteiger partial charge < -0.3 is 15.0 Å². The highest BCUT2D eigenvalue weighted by molar-refractivity contribution is 5.91. The number of rotatable bonds is 6. The fourth-order valence-electron chi connectivity index (χ4n) is 3.92. The van der Waals surface area contributed by atoms with Crippen molar-refractivity contribution >= 4 is 22.8 Å². The second-order valence-corrected chi connectivity index (χ2v) is 7.30. The Balaban J connectivity index is 1.35. The molecule has 5 rings (SSSR count). The Hall–Kier alpha value is -2.71. The van der Waals surface area contributed by atoms with Crippen LogP contribution in [0.25, 0.3) is 11.0 Å². The summed E-state index contributed by atoms with van der Waals surface area (Å²) < 4.78 is 5.41. The molecule has 8 heteroatoms. The molecule has 0 unspecified atom stereocenters. The van der Waals surface area contributed by atoms with Gasteiger partial charge in [0.1, 0.15) is 5.82 Å². The number of nitrogens with one attached hydrogen (secondary N) is 2. The Kier molecular flexibility index (Phi) is 4.80. The maximum atomic E-state index is 5.41. The summed E-state index contributed by atoms with van der Waals surface area (Å²) in [6.45, 7) is 7.13. The van der Waals surface area contributed by atoms with Crippen molar-refractivity contribution in [2.24, 2.45) is 0 Å². The van der Waals surface area contributed by atoms with Crippen LogP contribution in [0.4, 0.5) is 11.8 Å². The van der Waals surface area contributed by atoms with Gasteiger partial charge in [-0.2, -0.15) is 15.1 Å². The average molecular weight is 379 g/mol. The molecular formula is C20H25N7O. The highest BCUT2D eigenvalue weighted by Gasteiger charge is 2.24. The van der Waals surface area contributed by atoms with Crippen molar-refractivity contribution in [3.05, 3.63) is 41.6 Å². The molecule has 2 aliphatic rings. The Morgan fingerprint density at radius 3 is 2.79 bits per heavy atom. The van der Waals surface area contributed by atoms with Gasteiger partial charge >= 0.3 is 0 Å². The van der Waals surface area contributed by atoms with Crippen LogP contribution < -0.4 is 10.2 Å². The van der Waals surface area contributed by atoms with Crippen LogP contribution in [0.3, 0.4) is 0 Å². The number of hydrogen-bond donors (Lipinski definition) is 2. The van der Waals surface area contributed by atoms with Crippen molar-refractivity contribution in [2.45, 2.75) is 13.0 Å². The summed E-state index contributed by atoms with van der Waals surface area (Å²) in [5.74, 6) is 1.63. The lowest BCUT2D eigenvalue weighted by Crippen LogP contribution is -2.39. The SMILES string of the molecule is c1ccc(CN2CCc3n[nH]c4nc(NCCN5CCOCC5)nc2c34)cc1. The molecule has 28 heavy (non-hydrogen) atoms. The van der Waals surface area contributed by atoms with Crippen molar-refractivity contribution in [1.82, 2.24) is 25.1 Å². The third-order valence-corrected chi connectivity index (χ3v) is 5.42. The molecule has 1 saturated heterocycles. The van der Waals surface area contributed by atoms with Crippen molar-refractivity contribution in [3.63, 3.8) is 0 Å². The van der Waals surface area contributed by atoms with Gasteiger partial charge in [-0.15, -0.1) is 0 Å². The molecule has 0 atom stereocenters. The van der Waals surface area contributed by atoms with E-state index in [1.165, 1.54) is 5.56 Å². The smallest absolute Gasteiger partial charge is 0.226 e. The van der Waals surface area contributed by atoms with Gasteiger partial charge in [0.2, 0.25) is 5.95 Å². The number of nitrogens with zero attached hydrogens (tertiary/aromatic N) is 5. The van der Waals surface area contributed by atoms with Gasteiger partial charge in [0.05, 0.1) is 24.3 Å². The molecule has 0 spiro atoms. The summed E-state index contributed by atoms with van der Waals surface area (Å²) in [5, 5.41) is 12.0. The number of aromatic amines is 1. The van der Waals surface area contributed by atoms with E-state index in [0.717, 1.165) is 81.4 Å². The molecule has 3 aromatic rings. The molecule has 2 aliphatic heterocycles. The first-order valence-electron chi connectivity index (χ1n) is 9.95. The van der Waals surface area contributed by atoms with Crippen molar-refractivity contribution in [3.8, 4) is 0 Å². The fourth-order valence-corrected chi connectivity index (χ4v) is 3.92. The van der Waals surface area contributed by atoms with Crippen molar-refractivity contribution in [1.29, 1.82) is 0 Å². The first-order chi connectivity index (χ1) is 13.9. The number of morpholine rings is 1. The lowest BCUT2D eigenvalue weighted by Gasteiger charge is -2.28. The average Bonchev–Trinajstić information content (AvgIpc) is 3.16. The fraction of sp³-hybridized carbons (Fsp3) is 0.450. The van der Waals surface area contributed by atoms with Gasteiger partial charge in [-0.3, -0.25) is 10.00 Å². The zero-order valence-electron chi connectivity index (χ0n) is 15.9. The van der Waals surface area contributed by atoms with Gasteiger partial charge in [-0.05, 0) is 5.56 Å². The maximum Gasteiger partial charge on any atom is 0.226 e. The lowest BCUT2D eigenvalue weighted by atomic mass is 10.1. The van der Waals surface area contributed by atoms with E-state index in [4.69, 9.17) is 9.72 Å². The largest absolute Gasteiger partial charge is 0.379 e. The lowest BCUT2D eigenvalue weighted by molar-refractivity contribution is 0.0398. The number of benzene rings is 1. The Labute approximate surface area is 163 Å². The molecule has 146 valence electrons. The molecule has 0 radical (unpaired) electrons. The Bertz CT molecular complexity index is 936. The van der Waals surface area contributed by atoms with Crippen LogP contribution in [0.5, 0.6) is 0 Å². The zero-order chi connectivity index (χ0) is 18.8. The second-order valence-electron chi connectivity index (χ2n) is 7.30. The van der Waals surface area contributed by atoms with Crippen LogP contribution in [-0.2, 0) is 17.7 Å². The standard InChI is InChI=1S/C20H25N7O/c1-2-4-15(5-3-1)14-27-8-6-16-17-18(25-24-16)22-20(23-19(17)27)21-7-9-26-10-12-28-13-11-26/h1-5H,6-14H2,(H2,21,22,23,24,25). The predicted molar refractivity (Wildman–Crippen MR) is 109 cm³/mol. The van der Waals surface area contributed by atoms with E-state index in [9.17, 15) is 0 Å². The van der Waals surface area contributed by atoms with E-state index in [1.807, 2.05) is 6.07 Å². The molecule has 1 aromatic carbocycles. The second kappa shape index (κ2) is 7.73. The van der Waals surface area contributed by atoms with Gasteiger partial charge in [0.15, 0.2) is 5.65 Å². The minimum absolute atomic E-state index is 0.658. The first-order valence-corrected chi connectivity index (χ1v) is 9.95. The number of aromatic nitrogens is 4. The first kappa shape index (κ1) is 17.4. The van der Waals surface area contributed by atoms with E-state index in [2.05, 4.69) is 54.6 Å². The van der Waals surface area contributed by atoms with Crippen LogP contribution in [-0.4, -0.2) is 71.0 Å². The summed E-state index contributed by atoms with van der Waals surface area (Å²) in [6.07, 6.45) is 0.910. The summed E-state index contributed by atoms with van der Waals surface area (Å²) in [6, 6.07) is 10.5. The minimum atomic E-state index is 0.658. The van der Waals surface area contributed by atoms with Crippen LogP contribution >= 0.6 is 0 Å². The molecule has 0 amide bonds. The molecule has 1 fully saturated rings. The summed E-state index contributed by atoms with van der Waals surface area (Å²) in [4.78, 5) is 14.2. The van der Waals surface area contributed by atoms with Crippen LogP contribution in [0.15, 0.2) is 30.3 Å². The van der Waals surface area contributed by atoms with E-state index in [0.29, 0.717) is 5.95 Å². The molecule has 4 heterocycles. The van der Waals surface area contributed by atoms with E-state index in [1.54, 1.807) is 0 Å². The molecule has 0 aliphatic carbocycles. The maximum absolute atomic E-state index is 5.41. The van der Waals surface area contributed by atoms with Gasteiger partial charge in [-0.1, -0.05) is 30.3 Å². The monoisotopic (exact) mass is 379 g/mol. The third-order valence-electron chi connectivity index (χ3n) is 5.42. The molecule has 0 bridgehead atoms.